The number of amides is 2. The molecule has 2 aromatic rings. The van der Waals surface area contributed by atoms with Gasteiger partial charge in [-0.3, -0.25) is 13.9 Å². The van der Waals surface area contributed by atoms with Crippen LogP contribution in [0.25, 0.3) is 0 Å². The Morgan fingerprint density at radius 2 is 1.66 bits per heavy atom. The summed E-state index contributed by atoms with van der Waals surface area (Å²) in [5, 5.41) is 3.14. The van der Waals surface area contributed by atoms with Crippen molar-refractivity contribution in [1.82, 2.24) is 10.2 Å². The summed E-state index contributed by atoms with van der Waals surface area (Å²) >= 11 is 0. The van der Waals surface area contributed by atoms with Gasteiger partial charge in [0.15, 0.2) is 0 Å². The van der Waals surface area contributed by atoms with E-state index in [1.165, 1.54) is 22.9 Å². The SMILES string of the molecule is CC[C@@H](C(=O)NC1CCCCC1)N(Cc1ccc(F)cc1)C(=O)CCCN(c1ccc(C)cc1)S(C)(=O)=O. The van der Waals surface area contributed by atoms with Crippen LogP contribution < -0.4 is 9.62 Å². The van der Waals surface area contributed by atoms with Crippen LogP contribution in [0.4, 0.5) is 10.1 Å². The van der Waals surface area contributed by atoms with E-state index in [0.717, 1.165) is 43.1 Å². The molecular formula is C29H40FN3O4S. The molecule has 2 amide bonds. The quantitative estimate of drug-likeness (QED) is 0.410. The van der Waals surface area contributed by atoms with E-state index in [1.807, 2.05) is 26.0 Å². The second-order valence-electron chi connectivity index (χ2n) is 10.2. The number of nitrogens with zero attached hydrogens (tertiary/aromatic N) is 2. The minimum Gasteiger partial charge on any atom is -0.352 e. The first-order chi connectivity index (χ1) is 18.1. The van der Waals surface area contributed by atoms with Crippen molar-refractivity contribution in [3.8, 4) is 0 Å². The van der Waals surface area contributed by atoms with Gasteiger partial charge in [-0.2, -0.15) is 0 Å². The maximum Gasteiger partial charge on any atom is 0.243 e. The van der Waals surface area contributed by atoms with E-state index in [1.54, 1.807) is 29.2 Å². The summed E-state index contributed by atoms with van der Waals surface area (Å²) in [5.74, 6) is -0.782. The molecule has 0 saturated heterocycles. The highest BCUT2D eigenvalue weighted by atomic mass is 32.2. The highest BCUT2D eigenvalue weighted by Gasteiger charge is 2.30. The molecule has 0 aromatic heterocycles. The lowest BCUT2D eigenvalue weighted by molar-refractivity contribution is -0.141. The fraction of sp³-hybridized carbons (Fsp3) is 0.517. The monoisotopic (exact) mass is 545 g/mol. The Balaban J connectivity index is 1.74. The lowest BCUT2D eigenvalue weighted by atomic mass is 9.95. The van der Waals surface area contributed by atoms with Crippen molar-refractivity contribution >= 4 is 27.5 Å². The Kier molecular flexibility index (Phi) is 10.7. The van der Waals surface area contributed by atoms with Crippen molar-refractivity contribution in [3.05, 3.63) is 65.5 Å². The smallest absolute Gasteiger partial charge is 0.243 e. The van der Waals surface area contributed by atoms with E-state index < -0.39 is 16.1 Å². The van der Waals surface area contributed by atoms with E-state index in [2.05, 4.69) is 5.32 Å². The van der Waals surface area contributed by atoms with Crippen LogP contribution in [0.1, 0.15) is 69.4 Å². The zero-order chi connectivity index (χ0) is 27.7. The number of anilines is 1. The minimum absolute atomic E-state index is 0.0757. The molecule has 1 fully saturated rings. The van der Waals surface area contributed by atoms with Gasteiger partial charge in [0, 0.05) is 25.6 Å². The molecule has 1 N–H and O–H groups in total. The molecule has 0 unspecified atom stereocenters. The lowest BCUT2D eigenvalue weighted by Gasteiger charge is -2.33. The summed E-state index contributed by atoms with van der Waals surface area (Å²) in [6.45, 7) is 4.11. The normalized spacial score (nSPS) is 15.1. The number of carbonyl (C=O) groups excluding carboxylic acids is 2. The molecule has 208 valence electrons. The number of rotatable bonds is 12. The topological polar surface area (TPSA) is 86.8 Å². The lowest BCUT2D eigenvalue weighted by Crippen LogP contribution is -2.51. The van der Waals surface area contributed by atoms with Gasteiger partial charge in [0.05, 0.1) is 11.9 Å². The molecular weight excluding hydrogens is 505 g/mol. The first-order valence-corrected chi connectivity index (χ1v) is 15.3. The van der Waals surface area contributed by atoms with Gasteiger partial charge < -0.3 is 10.2 Å². The van der Waals surface area contributed by atoms with Crippen LogP contribution in [0, 0.1) is 12.7 Å². The Bertz CT molecular complexity index is 1160. The fourth-order valence-electron chi connectivity index (χ4n) is 4.97. The average molecular weight is 546 g/mol. The van der Waals surface area contributed by atoms with Gasteiger partial charge in [0.25, 0.3) is 0 Å². The average Bonchev–Trinajstić information content (AvgIpc) is 2.88. The molecule has 0 heterocycles. The second-order valence-corrected chi connectivity index (χ2v) is 12.1. The predicted octanol–water partition coefficient (Wildman–Crippen LogP) is 4.94. The molecule has 0 radical (unpaired) electrons. The van der Waals surface area contributed by atoms with E-state index in [4.69, 9.17) is 0 Å². The van der Waals surface area contributed by atoms with Gasteiger partial charge in [-0.05, 0) is 62.4 Å². The van der Waals surface area contributed by atoms with Crippen molar-refractivity contribution in [2.75, 3.05) is 17.1 Å². The number of nitrogens with one attached hydrogen (secondary N) is 1. The van der Waals surface area contributed by atoms with Crippen molar-refractivity contribution < 1.29 is 22.4 Å². The van der Waals surface area contributed by atoms with Gasteiger partial charge in [-0.25, -0.2) is 12.8 Å². The molecule has 9 heteroatoms. The van der Waals surface area contributed by atoms with E-state index in [0.29, 0.717) is 18.5 Å². The highest BCUT2D eigenvalue weighted by Crippen LogP contribution is 2.21. The molecule has 1 aliphatic rings. The zero-order valence-electron chi connectivity index (χ0n) is 22.7. The third kappa shape index (κ3) is 8.55. The van der Waals surface area contributed by atoms with Crippen LogP contribution >= 0.6 is 0 Å². The third-order valence-electron chi connectivity index (χ3n) is 7.08. The van der Waals surface area contributed by atoms with Gasteiger partial charge in [-0.1, -0.05) is 56.0 Å². The Labute approximate surface area is 226 Å². The van der Waals surface area contributed by atoms with Crippen molar-refractivity contribution in [2.45, 2.75) is 83.8 Å². The largest absolute Gasteiger partial charge is 0.352 e. The van der Waals surface area contributed by atoms with Crippen LogP contribution in [0.15, 0.2) is 48.5 Å². The van der Waals surface area contributed by atoms with Crippen LogP contribution in [0.5, 0.6) is 0 Å². The number of benzene rings is 2. The fourth-order valence-corrected chi connectivity index (χ4v) is 5.93. The van der Waals surface area contributed by atoms with Crippen LogP contribution in [0.3, 0.4) is 0 Å². The van der Waals surface area contributed by atoms with E-state index >= 15 is 0 Å². The predicted molar refractivity (Wildman–Crippen MR) is 149 cm³/mol. The molecule has 0 bridgehead atoms. The first-order valence-electron chi connectivity index (χ1n) is 13.5. The van der Waals surface area contributed by atoms with Crippen LogP contribution in [-0.4, -0.2) is 50.0 Å². The summed E-state index contributed by atoms with van der Waals surface area (Å²) in [6, 6.07) is 12.6. The molecule has 7 nitrogen and oxygen atoms in total. The number of hydrogen-bond donors (Lipinski definition) is 1. The first kappa shape index (κ1) is 29.6. The van der Waals surface area contributed by atoms with Crippen molar-refractivity contribution in [1.29, 1.82) is 0 Å². The molecule has 2 aromatic carbocycles. The van der Waals surface area contributed by atoms with Crippen molar-refractivity contribution in [3.63, 3.8) is 0 Å². The van der Waals surface area contributed by atoms with Gasteiger partial charge in [-0.15, -0.1) is 0 Å². The van der Waals surface area contributed by atoms with Gasteiger partial charge >= 0.3 is 0 Å². The van der Waals surface area contributed by atoms with Crippen LogP contribution in [-0.2, 0) is 26.2 Å². The summed E-state index contributed by atoms with van der Waals surface area (Å²) in [6.07, 6.45) is 7.17. The number of aryl methyl sites for hydroxylation is 1. The Morgan fingerprint density at radius 3 is 2.24 bits per heavy atom. The molecule has 1 atom stereocenters. The second kappa shape index (κ2) is 13.7. The maximum atomic E-state index is 13.5. The summed E-state index contributed by atoms with van der Waals surface area (Å²) in [5.41, 5.74) is 2.29. The Morgan fingerprint density at radius 1 is 1.03 bits per heavy atom. The zero-order valence-corrected chi connectivity index (χ0v) is 23.5. The molecule has 1 aliphatic carbocycles. The summed E-state index contributed by atoms with van der Waals surface area (Å²) in [4.78, 5) is 28.4. The van der Waals surface area contributed by atoms with Crippen LogP contribution in [0.2, 0.25) is 0 Å². The Hall–Kier alpha value is -2.94. The summed E-state index contributed by atoms with van der Waals surface area (Å²) < 4.78 is 39.8. The highest BCUT2D eigenvalue weighted by molar-refractivity contribution is 7.92. The van der Waals surface area contributed by atoms with Crippen molar-refractivity contribution in [2.24, 2.45) is 0 Å². The number of halogens is 1. The molecule has 0 aliphatic heterocycles. The number of carbonyl (C=O) groups is 2. The molecule has 38 heavy (non-hydrogen) atoms. The van der Waals surface area contributed by atoms with E-state index in [-0.39, 0.29) is 43.2 Å². The summed E-state index contributed by atoms with van der Waals surface area (Å²) in [7, 11) is -3.54. The van der Waals surface area contributed by atoms with Gasteiger partial charge in [0.1, 0.15) is 11.9 Å². The number of hydrogen-bond acceptors (Lipinski definition) is 4. The third-order valence-corrected chi connectivity index (χ3v) is 8.27. The number of sulfonamides is 1. The molecule has 0 spiro atoms. The van der Waals surface area contributed by atoms with E-state index in [9.17, 15) is 22.4 Å². The minimum atomic E-state index is -3.54. The molecule has 1 saturated carbocycles. The van der Waals surface area contributed by atoms with Gasteiger partial charge in [0.2, 0.25) is 21.8 Å². The standard InChI is InChI=1S/C29H40FN3O4S/c1-4-27(29(35)31-25-9-6-5-7-10-25)32(21-23-14-16-24(30)17-15-23)28(34)11-8-20-33(38(3,36)37)26-18-12-22(2)13-19-26/h12-19,25,27H,4-11,20-21H2,1-3H3,(H,31,35)/t27-/m0/s1. The molecule has 3 rings (SSSR count). The maximum absolute atomic E-state index is 13.5.